The van der Waals surface area contributed by atoms with Gasteiger partial charge in [0, 0.05) is 29.3 Å². The van der Waals surface area contributed by atoms with Gasteiger partial charge in [-0.1, -0.05) is 45.0 Å². The summed E-state index contributed by atoms with van der Waals surface area (Å²) in [5.74, 6) is -1.54. The second kappa shape index (κ2) is 11.2. The molecule has 0 aliphatic heterocycles. The van der Waals surface area contributed by atoms with Crippen LogP contribution in [0.3, 0.4) is 0 Å². The molecule has 1 amide bonds. The SMILES string of the molecule is CC(C)(C)c1ccc(C(=O)NC(Cc2ccc(-c3ncc(Br)cn3)cc2)C(=O)C[C@@H](N)C(=O)O)s1. The van der Waals surface area contributed by atoms with Gasteiger partial charge in [-0.3, -0.25) is 14.4 Å². The molecule has 0 aliphatic rings. The number of carboxylic acid groups (broad SMARTS) is 1. The van der Waals surface area contributed by atoms with Crippen LogP contribution in [0.25, 0.3) is 11.4 Å². The van der Waals surface area contributed by atoms with Crippen molar-refractivity contribution in [1.82, 2.24) is 15.3 Å². The van der Waals surface area contributed by atoms with Crippen LogP contribution in [-0.4, -0.2) is 44.8 Å². The van der Waals surface area contributed by atoms with E-state index in [1.807, 2.05) is 30.3 Å². The van der Waals surface area contributed by atoms with E-state index >= 15 is 0 Å². The molecule has 4 N–H and O–H groups in total. The van der Waals surface area contributed by atoms with E-state index in [4.69, 9.17) is 10.8 Å². The Kier molecular flexibility index (Phi) is 8.52. The van der Waals surface area contributed by atoms with E-state index < -0.39 is 23.8 Å². The van der Waals surface area contributed by atoms with Crippen molar-refractivity contribution in [3.63, 3.8) is 0 Å². The summed E-state index contributed by atoms with van der Waals surface area (Å²) < 4.78 is 0.773. The van der Waals surface area contributed by atoms with Crippen LogP contribution in [0.15, 0.2) is 53.3 Å². The van der Waals surface area contributed by atoms with Gasteiger partial charge in [0.05, 0.1) is 15.4 Å². The number of aliphatic carboxylic acids is 1. The van der Waals surface area contributed by atoms with E-state index in [0.717, 1.165) is 20.5 Å². The van der Waals surface area contributed by atoms with Gasteiger partial charge in [0.25, 0.3) is 5.91 Å². The fraction of sp³-hybridized carbons (Fsp3) is 0.320. The highest BCUT2D eigenvalue weighted by Crippen LogP contribution is 2.29. The van der Waals surface area contributed by atoms with Crippen LogP contribution in [0.2, 0.25) is 0 Å². The van der Waals surface area contributed by atoms with Gasteiger partial charge >= 0.3 is 5.97 Å². The summed E-state index contributed by atoms with van der Waals surface area (Å²) in [5.41, 5.74) is 7.07. The number of carboxylic acids is 1. The standard InChI is InChI=1S/C25H27BrN4O4S/c1-25(2,3)21-9-8-20(35-21)23(32)30-18(19(31)11-17(27)24(33)34)10-14-4-6-15(7-5-14)22-28-12-16(26)13-29-22/h4-9,12-13,17-18H,10-11,27H2,1-3H3,(H,30,32)(H,33,34)/t17-,18?/m1/s1. The Labute approximate surface area is 216 Å². The number of ketones is 1. The fourth-order valence-electron chi connectivity index (χ4n) is 3.27. The van der Waals surface area contributed by atoms with Crippen molar-refractivity contribution < 1.29 is 19.5 Å². The molecule has 2 aromatic heterocycles. The average molecular weight is 559 g/mol. The summed E-state index contributed by atoms with van der Waals surface area (Å²) in [6.45, 7) is 6.18. The largest absolute Gasteiger partial charge is 0.480 e. The van der Waals surface area contributed by atoms with Gasteiger partial charge in [-0.2, -0.15) is 0 Å². The Hall–Kier alpha value is -2.95. The number of rotatable bonds is 9. The molecule has 0 saturated heterocycles. The maximum atomic E-state index is 13.0. The van der Waals surface area contributed by atoms with E-state index in [0.29, 0.717) is 10.7 Å². The van der Waals surface area contributed by atoms with E-state index in [2.05, 4.69) is 52.0 Å². The number of amides is 1. The monoisotopic (exact) mass is 558 g/mol. The van der Waals surface area contributed by atoms with E-state index in [1.165, 1.54) is 11.3 Å². The molecule has 0 bridgehead atoms. The number of nitrogens with two attached hydrogens (primary N) is 1. The summed E-state index contributed by atoms with van der Waals surface area (Å²) in [7, 11) is 0. The molecular formula is C25H27BrN4O4S. The van der Waals surface area contributed by atoms with Crippen molar-refractivity contribution in [2.24, 2.45) is 5.73 Å². The van der Waals surface area contributed by atoms with Crippen molar-refractivity contribution in [3.05, 3.63) is 68.6 Å². The van der Waals surface area contributed by atoms with Gasteiger partial charge in [-0.25, -0.2) is 9.97 Å². The molecule has 2 heterocycles. The lowest BCUT2D eigenvalue weighted by Crippen LogP contribution is -2.45. The number of benzene rings is 1. The quantitative estimate of drug-likeness (QED) is 0.361. The summed E-state index contributed by atoms with van der Waals surface area (Å²) in [4.78, 5) is 47.1. The van der Waals surface area contributed by atoms with Crippen LogP contribution in [0.5, 0.6) is 0 Å². The maximum absolute atomic E-state index is 13.0. The lowest BCUT2D eigenvalue weighted by Gasteiger charge is -2.19. The third kappa shape index (κ3) is 7.27. The lowest BCUT2D eigenvalue weighted by molar-refractivity contribution is -0.140. The summed E-state index contributed by atoms with van der Waals surface area (Å²) in [6, 6.07) is 8.69. The number of Topliss-reactive ketones (excluding diaryl/α,β-unsaturated/α-hetero) is 1. The molecule has 1 unspecified atom stereocenters. The highest BCUT2D eigenvalue weighted by Gasteiger charge is 2.27. The number of nitrogens with one attached hydrogen (secondary N) is 1. The zero-order chi connectivity index (χ0) is 25.8. The highest BCUT2D eigenvalue weighted by atomic mass is 79.9. The lowest BCUT2D eigenvalue weighted by atomic mass is 9.95. The molecule has 2 atom stereocenters. The third-order valence-corrected chi connectivity index (χ3v) is 7.19. The number of carbonyl (C=O) groups is 3. The Morgan fingerprint density at radius 3 is 2.26 bits per heavy atom. The molecule has 3 aromatic rings. The summed E-state index contributed by atoms with van der Waals surface area (Å²) >= 11 is 4.67. The van der Waals surface area contributed by atoms with Gasteiger partial charge in [0.1, 0.15) is 6.04 Å². The number of nitrogens with zero attached hydrogens (tertiary/aromatic N) is 2. The van der Waals surface area contributed by atoms with E-state index in [-0.39, 0.29) is 24.2 Å². The first-order valence-electron chi connectivity index (χ1n) is 10.9. The molecule has 1 aromatic carbocycles. The Morgan fingerprint density at radius 1 is 1.09 bits per heavy atom. The van der Waals surface area contributed by atoms with Crippen LogP contribution in [-0.2, 0) is 21.4 Å². The zero-order valence-electron chi connectivity index (χ0n) is 19.6. The Balaban J connectivity index is 1.79. The first kappa shape index (κ1) is 26.7. The summed E-state index contributed by atoms with van der Waals surface area (Å²) in [5, 5.41) is 11.9. The zero-order valence-corrected chi connectivity index (χ0v) is 22.0. The smallest absolute Gasteiger partial charge is 0.320 e. The molecule has 0 spiro atoms. The third-order valence-electron chi connectivity index (χ3n) is 5.27. The molecule has 0 radical (unpaired) electrons. The van der Waals surface area contributed by atoms with Crippen LogP contribution in [0.1, 0.15) is 47.3 Å². The molecule has 0 aliphatic carbocycles. The maximum Gasteiger partial charge on any atom is 0.320 e. The second-order valence-corrected chi connectivity index (χ2v) is 11.2. The molecule has 10 heteroatoms. The molecule has 3 rings (SSSR count). The van der Waals surface area contributed by atoms with Crippen LogP contribution >= 0.6 is 27.3 Å². The minimum Gasteiger partial charge on any atom is -0.480 e. The Bertz CT molecular complexity index is 1200. The number of thiophene rings is 1. The fourth-order valence-corrected chi connectivity index (χ4v) is 4.44. The molecule has 184 valence electrons. The van der Waals surface area contributed by atoms with Gasteiger partial charge in [-0.05, 0) is 45.5 Å². The first-order chi connectivity index (χ1) is 16.4. The molecular weight excluding hydrogens is 532 g/mol. The Morgan fingerprint density at radius 2 is 1.71 bits per heavy atom. The predicted molar refractivity (Wildman–Crippen MR) is 138 cm³/mol. The van der Waals surface area contributed by atoms with Crippen molar-refractivity contribution in [2.75, 3.05) is 0 Å². The van der Waals surface area contributed by atoms with Crippen LogP contribution in [0.4, 0.5) is 0 Å². The number of halogens is 1. The van der Waals surface area contributed by atoms with Gasteiger partial charge in [0.2, 0.25) is 0 Å². The number of hydrogen-bond donors (Lipinski definition) is 3. The normalized spacial score (nSPS) is 13.2. The van der Waals surface area contributed by atoms with Crippen molar-refractivity contribution in [1.29, 1.82) is 0 Å². The number of hydrogen-bond acceptors (Lipinski definition) is 7. The second-order valence-electron chi connectivity index (χ2n) is 9.18. The molecule has 0 fully saturated rings. The highest BCUT2D eigenvalue weighted by molar-refractivity contribution is 9.10. The molecule has 0 saturated carbocycles. The van der Waals surface area contributed by atoms with Gasteiger partial charge in [-0.15, -0.1) is 11.3 Å². The number of carbonyl (C=O) groups excluding carboxylic acids is 2. The first-order valence-corrected chi connectivity index (χ1v) is 12.5. The van der Waals surface area contributed by atoms with Gasteiger partial charge < -0.3 is 16.2 Å². The van der Waals surface area contributed by atoms with Crippen molar-refractivity contribution in [3.8, 4) is 11.4 Å². The van der Waals surface area contributed by atoms with Crippen LogP contribution < -0.4 is 11.1 Å². The topological polar surface area (TPSA) is 135 Å². The molecule has 35 heavy (non-hydrogen) atoms. The van der Waals surface area contributed by atoms with E-state index in [9.17, 15) is 14.4 Å². The number of aromatic nitrogens is 2. The molecule has 8 nitrogen and oxygen atoms in total. The van der Waals surface area contributed by atoms with Crippen LogP contribution in [0, 0.1) is 0 Å². The van der Waals surface area contributed by atoms with Crippen molar-refractivity contribution in [2.45, 2.75) is 51.1 Å². The van der Waals surface area contributed by atoms with Gasteiger partial charge in [0.15, 0.2) is 11.6 Å². The van der Waals surface area contributed by atoms with Crippen molar-refractivity contribution >= 4 is 44.9 Å². The average Bonchev–Trinajstić information content (AvgIpc) is 3.31. The van der Waals surface area contributed by atoms with E-state index in [1.54, 1.807) is 18.5 Å². The minimum absolute atomic E-state index is 0.104. The minimum atomic E-state index is -1.34. The summed E-state index contributed by atoms with van der Waals surface area (Å²) in [6.07, 6.45) is 3.11. The predicted octanol–water partition coefficient (Wildman–Crippen LogP) is 3.98.